The van der Waals surface area contributed by atoms with Gasteiger partial charge in [-0.05, 0) is 32.6 Å². The molecule has 0 atom stereocenters. The van der Waals surface area contributed by atoms with Crippen molar-refractivity contribution in [1.29, 1.82) is 0 Å². The first kappa shape index (κ1) is 12.7. The fourth-order valence-electron chi connectivity index (χ4n) is 2.03. The number of rotatable bonds is 4. The lowest BCUT2D eigenvalue weighted by Gasteiger charge is -2.27. The van der Waals surface area contributed by atoms with Crippen molar-refractivity contribution >= 4 is 17.6 Å². The number of hydrogen-bond acceptors (Lipinski definition) is 3. The van der Waals surface area contributed by atoms with Crippen LogP contribution in [0.4, 0.5) is 0 Å². The maximum absolute atomic E-state index is 11.3. The van der Waals surface area contributed by atoms with Crippen LogP contribution in [-0.2, 0) is 14.4 Å². The predicted octanol–water partition coefficient (Wildman–Crippen LogP) is 0.126. The molecule has 1 saturated carbocycles. The lowest BCUT2D eigenvalue weighted by atomic mass is 9.85. The standard InChI is InChI=1S/C11H18N2O3/c1-7(14)6-10(15)13-9-4-2-8(3-5-9)11(12)16/h8-9H,2-6H2,1H3,(H2,12,16)(H,13,15). The molecule has 0 aromatic rings. The molecule has 0 bridgehead atoms. The van der Waals surface area contributed by atoms with Gasteiger partial charge in [0.25, 0.3) is 0 Å². The maximum Gasteiger partial charge on any atom is 0.227 e. The van der Waals surface area contributed by atoms with E-state index < -0.39 is 0 Å². The van der Waals surface area contributed by atoms with E-state index in [0.717, 1.165) is 25.7 Å². The molecule has 5 nitrogen and oxygen atoms in total. The van der Waals surface area contributed by atoms with Gasteiger partial charge in [-0.15, -0.1) is 0 Å². The Kier molecular flexibility index (Phi) is 4.46. The zero-order valence-corrected chi connectivity index (χ0v) is 9.49. The fourth-order valence-corrected chi connectivity index (χ4v) is 2.03. The highest BCUT2D eigenvalue weighted by molar-refractivity contribution is 5.96. The summed E-state index contributed by atoms with van der Waals surface area (Å²) in [4.78, 5) is 32.9. The van der Waals surface area contributed by atoms with E-state index >= 15 is 0 Å². The van der Waals surface area contributed by atoms with Gasteiger partial charge in [-0.1, -0.05) is 0 Å². The molecule has 1 aliphatic carbocycles. The van der Waals surface area contributed by atoms with Gasteiger partial charge in [-0.25, -0.2) is 0 Å². The maximum atomic E-state index is 11.3. The Bertz CT molecular complexity index is 294. The summed E-state index contributed by atoms with van der Waals surface area (Å²) in [6, 6.07) is 0.0856. The second kappa shape index (κ2) is 5.63. The molecular formula is C11H18N2O3. The first-order valence-corrected chi connectivity index (χ1v) is 5.57. The Labute approximate surface area is 94.8 Å². The van der Waals surface area contributed by atoms with Crippen LogP contribution in [0.5, 0.6) is 0 Å². The molecule has 0 heterocycles. The summed E-state index contributed by atoms with van der Waals surface area (Å²) in [6.45, 7) is 1.39. The minimum absolute atomic E-state index is 0.0547. The van der Waals surface area contributed by atoms with Crippen LogP contribution in [-0.4, -0.2) is 23.6 Å². The van der Waals surface area contributed by atoms with Crippen LogP contribution in [0, 0.1) is 5.92 Å². The van der Waals surface area contributed by atoms with Gasteiger partial charge >= 0.3 is 0 Å². The van der Waals surface area contributed by atoms with Crippen LogP contribution >= 0.6 is 0 Å². The van der Waals surface area contributed by atoms with E-state index in [1.54, 1.807) is 0 Å². The van der Waals surface area contributed by atoms with Crippen molar-refractivity contribution in [2.75, 3.05) is 0 Å². The van der Waals surface area contributed by atoms with Crippen molar-refractivity contribution in [3.05, 3.63) is 0 Å². The lowest BCUT2D eigenvalue weighted by molar-refractivity contribution is -0.127. The Morgan fingerprint density at radius 1 is 1.19 bits per heavy atom. The molecular weight excluding hydrogens is 208 g/mol. The van der Waals surface area contributed by atoms with E-state index in [-0.39, 0.29) is 36.0 Å². The summed E-state index contributed by atoms with van der Waals surface area (Å²) in [5.41, 5.74) is 5.21. The summed E-state index contributed by atoms with van der Waals surface area (Å²) >= 11 is 0. The van der Waals surface area contributed by atoms with E-state index in [4.69, 9.17) is 5.73 Å². The topological polar surface area (TPSA) is 89.3 Å². The number of ketones is 1. The molecule has 0 spiro atoms. The Hall–Kier alpha value is -1.39. The second-order valence-electron chi connectivity index (χ2n) is 4.40. The van der Waals surface area contributed by atoms with Crippen LogP contribution in [0.25, 0.3) is 0 Å². The molecule has 1 fully saturated rings. The van der Waals surface area contributed by atoms with E-state index in [1.807, 2.05) is 0 Å². The van der Waals surface area contributed by atoms with Gasteiger partial charge in [-0.2, -0.15) is 0 Å². The molecule has 2 amide bonds. The highest BCUT2D eigenvalue weighted by Crippen LogP contribution is 2.23. The Morgan fingerprint density at radius 3 is 2.19 bits per heavy atom. The number of amides is 2. The predicted molar refractivity (Wildman–Crippen MR) is 58.4 cm³/mol. The van der Waals surface area contributed by atoms with Gasteiger partial charge in [0.05, 0.1) is 6.42 Å². The first-order valence-electron chi connectivity index (χ1n) is 5.57. The van der Waals surface area contributed by atoms with Crippen molar-refractivity contribution in [3.8, 4) is 0 Å². The van der Waals surface area contributed by atoms with Crippen LogP contribution in [0.3, 0.4) is 0 Å². The van der Waals surface area contributed by atoms with Crippen molar-refractivity contribution in [2.24, 2.45) is 11.7 Å². The molecule has 1 rings (SSSR count). The van der Waals surface area contributed by atoms with Gasteiger partial charge in [-0.3, -0.25) is 14.4 Å². The number of carbonyl (C=O) groups is 3. The molecule has 1 aliphatic rings. The van der Waals surface area contributed by atoms with Crippen molar-refractivity contribution in [2.45, 2.75) is 45.1 Å². The number of Topliss-reactive ketones (excluding diaryl/α,β-unsaturated/α-hetero) is 1. The van der Waals surface area contributed by atoms with Crippen molar-refractivity contribution < 1.29 is 14.4 Å². The molecule has 0 saturated heterocycles. The quantitative estimate of drug-likeness (QED) is 0.667. The highest BCUT2D eigenvalue weighted by atomic mass is 16.2. The monoisotopic (exact) mass is 226 g/mol. The largest absolute Gasteiger partial charge is 0.369 e. The van der Waals surface area contributed by atoms with Gasteiger partial charge in [0, 0.05) is 12.0 Å². The molecule has 0 aromatic heterocycles. The summed E-state index contributed by atoms with van der Waals surface area (Å²) in [5, 5.41) is 2.80. The average Bonchev–Trinajstić information content (AvgIpc) is 2.16. The number of nitrogens with two attached hydrogens (primary N) is 1. The van der Waals surface area contributed by atoms with Gasteiger partial charge in [0.15, 0.2) is 0 Å². The molecule has 0 radical (unpaired) electrons. The Balaban J connectivity index is 2.29. The molecule has 16 heavy (non-hydrogen) atoms. The molecule has 90 valence electrons. The van der Waals surface area contributed by atoms with E-state index in [2.05, 4.69) is 5.32 Å². The SMILES string of the molecule is CC(=O)CC(=O)NC1CCC(C(N)=O)CC1. The average molecular weight is 226 g/mol. The molecule has 0 aromatic carbocycles. The smallest absolute Gasteiger partial charge is 0.227 e. The van der Waals surface area contributed by atoms with Crippen LogP contribution in [0.2, 0.25) is 0 Å². The van der Waals surface area contributed by atoms with E-state index in [1.165, 1.54) is 6.92 Å². The van der Waals surface area contributed by atoms with Crippen LogP contribution in [0.1, 0.15) is 39.0 Å². The van der Waals surface area contributed by atoms with Gasteiger partial charge in [0.2, 0.25) is 11.8 Å². The summed E-state index contributed by atoms with van der Waals surface area (Å²) in [7, 11) is 0. The normalized spacial score (nSPS) is 24.8. The first-order chi connectivity index (χ1) is 7.49. The minimum atomic E-state index is -0.256. The lowest BCUT2D eigenvalue weighted by Crippen LogP contribution is -2.40. The Morgan fingerprint density at radius 2 is 1.75 bits per heavy atom. The molecule has 5 heteroatoms. The molecule has 0 aliphatic heterocycles. The van der Waals surface area contributed by atoms with E-state index in [0.29, 0.717) is 0 Å². The zero-order valence-electron chi connectivity index (χ0n) is 9.49. The van der Waals surface area contributed by atoms with Gasteiger partial charge in [0.1, 0.15) is 5.78 Å². The third kappa shape index (κ3) is 4.00. The fraction of sp³-hybridized carbons (Fsp3) is 0.727. The molecule has 3 N–H and O–H groups in total. The van der Waals surface area contributed by atoms with Crippen molar-refractivity contribution in [3.63, 3.8) is 0 Å². The zero-order chi connectivity index (χ0) is 12.1. The summed E-state index contributed by atoms with van der Waals surface area (Å²) < 4.78 is 0. The van der Waals surface area contributed by atoms with Gasteiger partial charge < -0.3 is 11.1 Å². The van der Waals surface area contributed by atoms with E-state index in [9.17, 15) is 14.4 Å². The number of nitrogens with one attached hydrogen (secondary N) is 1. The minimum Gasteiger partial charge on any atom is -0.369 e. The highest BCUT2D eigenvalue weighted by Gasteiger charge is 2.25. The summed E-state index contributed by atoms with van der Waals surface area (Å²) in [5.74, 6) is -0.673. The third-order valence-corrected chi connectivity index (χ3v) is 2.90. The van der Waals surface area contributed by atoms with Crippen LogP contribution < -0.4 is 11.1 Å². The third-order valence-electron chi connectivity index (χ3n) is 2.90. The number of carbonyl (C=O) groups excluding carboxylic acids is 3. The molecule has 0 unspecified atom stereocenters. The number of primary amides is 1. The van der Waals surface area contributed by atoms with Crippen molar-refractivity contribution in [1.82, 2.24) is 5.32 Å². The van der Waals surface area contributed by atoms with Crippen LogP contribution in [0.15, 0.2) is 0 Å². The second-order valence-corrected chi connectivity index (χ2v) is 4.40. The number of hydrogen-bond donors (Lipinski definition) is 2. The summed E-state index contributed by atoms with van der Waals surface area (Å²) in [6.07, 6.45) is 2.91.